The average molecular weight is 231 g/mol. The monoisotopic (exact) mass is 231 g/mol. The molecule has 0 spiro atoms. The molecule has 5 heteroatoms. The summed E-state index contributed by atoms with van der Waals surface area (Å²) in [4.78, 5) is 21.9. The summed E-state index contributed by atoms with van der Waals surface area (Å²) < 4.78 is 0. The third-order valence-electron chi connectivity index (χ3n) is 2.52. The maximum absolute atomic E-state index is 11.4. The Labute approximate surface area is 93.8 Å². The van der Waals surface area contributed by atoms with Gasteiger partial charge in [-0.05, 0) is 31.3 Å². The summed E-state index contributed by atoms with van der Waals surface area (Å²) in [5.74, 6) is -0.542. The number of aliphatic carboxylic acids is 1. The van der Waals surface area contributed by atoms with Gasteiger partial charge in [0.15, 0.2) is 0 Å². The fraction of sp³-hybridized carbons (Fsp3) is 0.800. The summed E-state index contributed by atoms with van der Waals surface area (Å²) in [6.07, 6.45) is 4.62. The molecular weight excluding hydrogens is 214 g/mol. The molecule has 1 aliphatic carbocycles. The highest BCUT2D eigenvalue weighted by atomic mass is 32.2. The molecule has 0 aromatic carbocycles. The lowest BCUT2D eigenvalue weighted by Crippen LogP contribution is -2.27. The van der Waals surface area contributed by atoms with Gasteiger partial charge in [-0.25, -0.2) is 0 Å². The molecule has 0 aromatic heterocycles. The van der Waals surface area contributed by atoms with E-state index < -0.39 is 11.9 Å². The predicted octanol–water partition coefficient (Wildman–Crippen LogP) is 0.967. The minimum Gasteiger partial charge on any atom is -0.481 e. The Morgan fingerprint density at radius 3 is 2.67 bits per heavy atom. The lowest BCUT2D eigenvalue weighted by atomic mass is 10.3. The van der Waals surface area contributed by atoms with Gasteiger partial charge in [0.25, 0.3) is 0 Å². The summed E-state index contributed by atoms with van der Waals surface area (Å²) in [5, 5.41) is 11.4. The van der Waals surface area contributed by atoms with Crippen LogP contribution in [0.2, 0.25) is 0 Å². The fourth-order valence-corrected chi connectivity index (χ4v) is 1.96. The Balaban J connectivity index is 2.03. The van der Waals surface area contributed by atoms with Crippen LogP contribution in [0.25, 0.3) is 0 Å². The largest absolute Gasteiger partial charge is 0.481 e. The SMILES string of the molecule is CSCCCCNC(=O)[C@H]1C[C@H]1C(=O)O. The molecule has 0 saturated heterocycles. The van der Waals surface area contributed by atoms with Gasteiger partial charge in [-0.2, -0.15) is 11.8 Å². The number of carbonyl (C=O) groups is 2. The van der Waals surface area contributed by atoms with Gasteiger partial charge in [0.2, 0.25) is 5.91 Å². The van der Waals surface area contributed by atoms with Gasteiger partial charge in [-0.15, -0.1) is 0 Å². The highest BCUT2D eigenvalue weighted by Crippen LogP contribution is 2.38. The van der Waals surface area contributed by atoms with Crippen molar-refractivity contribution in [1.82, 2.24) is 5.32 Å². The summed E-state index contributed by atoms with van der Waals surface area (Å²) in [6.45, 7) is 0.669. The smallest absolute Gasteiger partial charge is 0.307 e. The molecule has 1 fully saturated rings. The van der Waals surface area contributed by atoms with Crippen LogP contribution in [0.3, 0.4) is 0 Å². The van der Waals surface area contributed by atoms with Crippen molar-refractivity contribution < 1.29 is 14.7 Å². The predicted molar refractivity (Wildman–Crippen MR) is 59.9 cm³/mol. The summed E-state index contributed by atoms with van der Waals surface area (Å²) in [5.41, 5.74) is 0. The highest BCUT2D eigenvalue weighted by molar-refractivity contribution is 7.98. The van der Waals surface area contributed by atoms with Gasteiger partial charge >= 0.3 is 5.97 Å². The lowest BCUT2D eigenvalue weighted by Gasteiger charge is -2.03. The zero-order chi connectivity index (χ0) is 11.3. The molecule has 0 aromatic rings. The Hall–Kier alpha value is -0.710. The van der Waals surface area contributed by atoms with Gasteiger partial charge in [0, 0.05) is 6.54 Å². The zero-order valence-corrected chi connectivity index (χ0v) is 9.68. The normalized spacial score (nSPS) is 23.5. The molecule has 15 heavy (non-hydrogen) atoms. The van der Waals surface area contributed by atoms with Crippen molar-refractivity contribution in [2.45, 2.75) is 19.3 Å². The summed E-state index contributed by atoms with van der Waals surface area (Å²) in [6, 6.07) is 0. The van der Waals surface area contributed by atoms with Crippen LogP contribution in [0.15, 0.2) is 0 Å². The van der Waals surface area contributed by atoms with Crippen LogP contribution in [0.5, 0.6) is 0 Å². The molecule has 1 amide bonds. The molecule has 2 atom stereocenters. The van der Waals surface area contributed by atoms with Crippen molar-refractivity contribution in [3.63, 3.8) is 0 Å². The second-order valence-corrected chi connectivity index (χ2v) is 4.76. The van der Waals surface area contributed by atoms with Crippen molar-refractivity contribution in [2.24, 2.45) is 11.8 Å². The number of thioether (sulfide) groups is 1. The number of amides is 1. The van der Waals surface area contributed by atoms with Gasteiger partial charge in [-0.3, -0.25) is 9.59 Å². The highest BCUT2D eigenvalue weighted by Gasteiger charge is 2.48. The topological polar surface area (TPSA) is 66.4 Å². The van der Waals surface area contributed by atoms with Crippen LogP contribution in [0, 0.1) is 11.8 Å². The van der Waals surface area contributed by atoms with Gasteiger partial charge in [-0.1, -0.05) is 0 Å². The number of unbranched alkanes of at least 4 members (excludes halogenated alkanes) is 1. The average Bonchev–Trinajstić information content (AvgIpc) is 2.96. The number of hydrogen-bond donors (Lipinski definition) is 2. The van der Waals surface area contributed by atoms with E-state index in [1.165, 1.54) is 0 Å². The third-order valence-corrected chi connectivity index (χ3v) is 3.22. The van der Waals surface area contributed by atoms with Crippen molar-refractivity contribution in [3.05, 3.63) is 0 Å². The summed E-state index contributed by atoms with van der Waals surface area (Å²) >= 11 is 1.79. The molecular formula is C10H17NO3S. The molecule has 0 aliphatic heterocycles. The van der Waals surface area contributed by atoms with E-state index in [4.69, 9.17) is 5.11 Å². The van der Waals surface area contributed by atoms with E-state index in [0.29, 0.717) is 13.0 Å². The number of nitrogens with one attached hydrogen (secondary N) is 1. The van der Waals surface area contributed by atoms with E-state index in [1.807, 2.05) is 0 Å². The van der Waals surface area contributed by atoms with Crippen LogP contribution in [-0.2, 0) is 9.59 Å². The molecule has 4 nitrogen and oxygen atoms in total. The van der Waals surface area contributed by atoms with Gasteiger partial charge in [0.1, 0.15) is 0 Å². The molecule has 1 rings (SSSR count). The second-order valence-electron chi connectivity index (χ2n) is 3.78. The lowest BCUT2D eigenvalue weighted by molar-refractivity contribution is -0.140. The Morgan fingerprint density at radius 1 is 1.40 bits per heavy atom. The molecule has 1 saturated carbocycles. The number of hydrogen-bond acceptors (Lipinski definition) is 3. The Kier molecular flexibility index (Phi) is 4.94. The first-order valence-corrected chi connectivity index (χ1v) is 6.55. The van der Waals surface area contributed by atoms with E-state index in [0.717, 1.165) is 18.6 Å². The Bertz CT molecular complexity index is 245. The second kappa shape index (κ2) is 6.00. The van der Waals surface area contributed by atoms with Crippen LogP contribution >= 0.6 is 11.8 Å². The molecule has 2 N–H and O–H groups in total. The van der Waals surface area contributed by atoms with Gasteiger partial charge in [0.05, 0.1) is 11.8 Å². The Morgan fingerprint density at radius 2 is 2.13 bits per heavy atom. The zero-order valence-electron chi connectivity index (χ0n) is 8.86. The van der Waals surface area contributed by atoms with Crippen molar-refractivity contribution >= 4 is 23.6 Å². The van der Waals surface area contributed by atoms with Crippen molar-refractivity contribution in [2.75, 3.05) is 18.6 Å². The molecule has 86 valence electrons. The van der Waals surface area contributed by atoms with Crippen molar-refractivity contribution in [1.29, 1.82) is 0 Å². The van der Waals surface area contributed by atoms with E-state index >= 15 is 0 Å². The quantitative estimate of drug-likeness (QED) is 0.641. The minimum absolute atomic E-state index is 0.0912. The molecule has 0 heterocycles. The van der Waals surface area contributed by atoms with Crippen LogP contribution < -0.4 is 5.32 Å². The number of carboxylic acids is 1. The molecule has 0 bridgehead atoms. The third kappa shape index (κ3) is 4.11. The van der Waals surface area contributed by atoms with E-state index in [9.17, 15) is 9.59 Å². The van der Waals surface area contributed by atoms with Crippen LogP contribution in [0.1, 0.15) is 19.3 Å². The number of carbonyl (C=O) groups excluding carboxylic acids is 1. The van der Waals surface area contributed by atoms with Gasteiger partial charge < -0.3 is 10.4 Å². The molecule has 0 unspecified atom stereocenters. The molecule has 0 radical (unpaired) electrons. The van der Waals surface area contributed by atoms with Crippen LogP contribution in [0.4, 0.5) is 0 Å². The van der Waals surface area contributed by atoms with E-state index in [2.05, 4.69) is 11.6 Å². The molecule has 1 aliphatic rings. The standard InChI is InChI=1S/C10H17NO3S/c1-15-5-3-2-4-11-9(12)7-6-8(7)10(13)14/h7-8H,2-6H2,1H3,(H,11,12)(H,13,14)/t7-,8+/m0/s1. The first kappa shape index (κ1) is 12.4. The van der Waals surface area contributed by atoms with Crippen molar-refractivity contribution in [3.8, 4) is 0 Å². The maximum atomic E-state index is 11.4. The van der Waals surface area contributed by atoms with E-state index in [-0.39, 0.29) is 11.8 Å². The van der Waals surface area contributed by atoms with E-state index in [1.54, 1.807) is 11.8 Å². The minimum atomic E-state index is -0.850. The first-order chi connectivity index (χ1) is 7.16. The number of rotatable bonds is 7. The van der Waals surface area contributed by atoms with Crippen LogP contribution in [-0.4, -0.2) is 35.5 Å². The first-order valence-electron chi connectivity index (χ1n) is 5.16. The summed E-state index contributed by atoms with van der Waals surface area (Å²) in [7, 11) is 0. The number of carboxylic acid groups (broad SMARTS) is 1. The maximum Gasteiger partial charge on any atom is 0.307 e. The fourth-order valence-electron chi connectivity index (χ4n) is 1.47.